The van der Waals surface area contributed by atoms with E-state index in [4.69, 9.17) is 4.74 Å². The summed E-state index contributed by atoms with van der Waals surface area (Å²) in [6.07, 6.45) is 10.8. The van der Waals surface area contributed by atoms with Crippen LogP contribution in [0.4, 0.5) is 0 Å². The molecule has 4 aromatic heterocycles. The number of H-pyrrole nitrogens is 1. The first kappa shape index (κ1) is 19.6. The predicted molar refractivity (Wildman–Crippen MR) is 119 cm³/mol. The Labute approximate surface area is 183 Å². The van der Waals surface area contributed by atoms with Gasteiger partial charge in [-0.3, -0.25) is 24.5 Å². The number of methoxy groups -OCH3 is 1. The number of fused-ring (bicyclic) bond motifs is 1. The van der Waals surface area contributed by atoms with Gasteiger partial charge < -0.3 is 4.74 Å². The van der Waals surface area contributed by atoms with Gasteiger partial charge in [0.2, 0.25) is 0 Å². The zero-order valence-corrected chi connectivity index (χ0v) is 17.4. The number of ketones is 1. The summed E-state index contributed by atoms with van der Waals surface area (Å²) in [5.41, 5.74) is 5.05. The Morgan fingerprint density at radius 1 is 1.00 bits per heavy atom. The summed E-state index contributed by atoms with van der Waals surface area (Å²) in [7, 11) is 1.61. The van der Waals surface area contributed by atoms with Crippen molar-refractivity contribution < 1.29 is 9.53 Å². The van der Waals surface area contributed by atoms with Crippen LogP contribution >= 0.6 is 0 Å². The lowest BCUT2D eigenvalue weighted by molar-refractivity contribution is 0.0989. The van der Waals surface area contributed by atoms with Crippen molar-refractivity contribution in [2.45, 2.75) is 13.0 Å². The largest absolute Gasteiger partial charge is 0.495 e. The fourth-order valence-corrected chi connectivity index (χ4v) is 3.63. The molecule has 0 atom stereocenters. The maximum atomic E-state index is 12.9. The van der Waals surface area contributed by atoms with E-state index < -0.39 is 0 Å². The van der Waals surface area contributed by atoms with Crippen LogP contribution in [0.5, 0.6) is 5.75 Å². The molecular weight excluding hydrogens is 404 g/mol. The van der Waals surface area contributed by atoms with Gasteiger partial charge in [-0.05, 0) is 47.0 Å². The Balaban J connectivity index is 1.34. The first-order valence-electron chi connectivity index (χ1n) is 10.1. The van der Waals surface area contributed by atoms with Gasteiger partial charge in [-0.15, -0.1) is 0 Å². The van der Waals surface area contributed by atoms with Crippen molar-refractivity contribution in [1.82, 2.24) is 29.9 Å². The van der Waals surface area contributed by atoms with E-state index in [-0.39, 0.29) is 12.2 Å². The average molecular weight is 424 g/mol. The predicted octanol–water partition coefficient (Wildman–Crippen LogP) is 3.70. The summed E-state index contributed by atoms with van der Waals surface area (Å²) in [5.74, 6) is 0.628. The fraction of sp³-hybridized carbons (Fsp3) is 0.125. The molecule has 0 aliphatic rings. The molecule has 0 amide bonds. The molecule has 0 spiro atoms. The first-order valence-corrected chi connectivity index (χ1v) is 10.1. The van der Waals surface area contributed by atoms with Crippen LogP contribution in [0.1, 0.15) is 21.6 Å². The molecule has 0 unspecified atom stereocenters. The molecule has 0 bridgehead atoms. The average Bonchev–Trinajstić information content (AvgIpc) is 3.46. The number of rotatable bonds is 7. The number of pyridine rings is 2. The number of ether oxygens (including phenoxy) is 1. The third-order valence-electron chi connectivity index (χ3n) is 5.25. The van der Waals surface area contributed by atoms with Crippen molar-refractivity contribution in [3.8, 4) is 16.9 Å². The number of hydrogen-bond donors (Lipinski definition) is 1. The highest BCUT2D eigenvalue weighted by molar-refractivity contribution is 6.07. The Kier molecular flexibility index (Phi) is 5.17. The quantitative estimate of drug-likeness (QED) is 0.400. The van der Waals surface area contributed by atoms with Gasteiger partial charge in [0.25, 0.3) is 0 Å². The highest BCUT2D eigenvalue weighted by Crippen LogP contribution is 2.27. The lowest BCUT2D eigenvalue weighted by Crippen LogP contribution is -2.04. The summed E-state index contributed by atoms with van der Waals surface area (Å²) < 4.78 is 7.07. The second kappa shape index (κ2) is 8.43. The van der Waals surface area contributed by atoms with E-state index in [2.05, 4.69) is 25.3 Å². The van der Waals surface area contributed by atoms with Crippen LogP contribution in [0.25, 0.3) is 22.0 Å². The molecule has 0 saturated heterocycles. The summed E-state index contributed by atoms with van der Waals surface area (Å²) in [6, 6.07) is 11.6. The van der Waals surface area contributed by atoms with E-state index in [1.165, 1.54) is 0 Å². The number of carbonyl (C=O) groups is 1. The molecule has 32 heavy (non-hydrogen) atoms. The van der Waals surface area contributed by atoms with Crippen molar-refractivity contribution in [2.75, 3.05) is 7.11 Å². The number of carbonyl (C=O) groups excluding carboxylic acids is 1. The summed E-state index contributed by atoms with van der Waals surface area (Å²) in [6.45, 7) is 0.629. The van der Waals surface area contributed by atoms with Crippen LogP contribution < -0.4 is 4.74 Å². The first-order chi connectivity index (χ1) is 15.7. The topological polar surface area (TPSA) is 98.6 Å². The lowest BCUT2D eigenvalue weighted by atomic mass is 10.0. The van der Waals surface area contributed by atoms with Gasteiger partial charge in [0, 0.05) is 42.2 Å². The zero-order valence-electron chi connectivity index (χ0n) is 17.4. The molecule has 1 aromatic carbocycles. The molecule has 158 valence electrons. The van der Waals surface area contributed by atoms with Crippen molar-refractivity contribution >= 4 is 16.7 Å². The normalized spacial score (nSPS) is 11.0. The fourth-order valence-electron chi connectivity index (χ4n) is 3.63. The Morgan fingerprint density at radius 2 is 1.88 bits per heavy atom. The van der Waals surface area contributed by atoms with Crippen LogP contribution in [0.3, 0.4) is 0 Å². The van der Waals surface area contributed by atoms with Gasteiger partial charge in [0.15, 0.2) is 5.78 Å². The van der Waals surface area contributed by atoms with E-state index >= 15 is 0 Å². The smallest absolute Gasteiger partial charge is 0.188 e. The molecule has 8 heteroatoms. The summed E-state index contributed by atoms with van der Waals surface area (Å²) >= 11 is 0. The molecule has 8 nitrogen and oxygen atoms in total. The zero-order chi connectivity index (χ0) is 21.9. The van der Waals surface area contributed by atoms with Gasteiger partial charge in [-0.25, -0.2) is 0 Å². The second-order valence-corrected chi connectivity index (χ2v) is 7.45. The molecule has 0 aliphatic carbocycles. The van der Waals surface area contributed by atoms with Gasteiger partial charge >= 0.3 is 0 Å². The molecule has 0 radical (unpaired) electrons. The second-order valence-electron chi connectivity index (χ2n) is 7.45. The van der Waals surface area contributed by atoms with Gasteiger partial charge in [-0.2, -0.15) is 10.2 Å². The van der Waals surface area contributed by atoms with Crippen LogP contribution in [0, 0.1) is 0 Å². The maximum absolute atomic E-state index is 12.9. The van der Waals surface area contributed by atoms with Crippen molar-refractivity contribution in [2.24, 2.45) is 0 Å². The van der Waals surface area contributed by atoms with Crippen LogP contribution in [0.2, 0.25) is 0 Å². The third kappa shape index (κ3) is 3.98. The minimum atomic E-state index is -0.0597. The number of aromatic amines is 1. The molecular formula is C24H20N6O2. The van der Waals surface area contributed by atoms with E-state index in [1.54, 1.807) is 38.1 Å². The Morgan fingerprint density at radius 3 is 2.72 bits per heavy atom. The highest BCUT2D eigenvalue weighted by Gasteiger charge is 2.16. The Bertz CT molecular complexity index is 1390. The van der Waals surface area contributed by atoms with E-state index in [1.807, 2.05) is 47.3 Å². The molecule has 0 fully saturated rings. The standard InChI is InChI=1S/C24H20N6O2/c1-32-20-9-19(12-26-13-20)18-2-3-21-22(10-18)28-29-24(21)23(31)8-17-11-27-30(15-17)14-16-4-6-25-7-5-16/h2-7,9-13,15H,8,14H2,1H3,(H,28,29). The summed E-state index contributed by atoms with van der Waals surface area (Å²) in [5, 5.41) is 12.4. The molecule has 5 rings (SSSR count). The lowest BCUT2D eigenvalue weighted by Gasteiger charge is -2.04. The monoisotopic (exact) mass is 424 g/mol. The SMILES string of the molecule is COc1cncc(-c2ccc3c(C(=O)Cc4cnn(Cc5ccncc5)c4)n[nH]c3c2)c1. The number of aromatic nitrogens is 6. The van der Waals surface area contributed by atoms with Crippen LogP contribution in [-0.2, 0) is 13.0 Å². The van der Waals surface area contributed by atoms with Crippen molar-refractivity contribution in [3.63, 3.8) is 0 Å². The molecule has 5 aromatic rings. The van der Waals surface area contributed by atoms with Crippen LogP contribution in [-0.4, -0.2) is 42.8 Å². The molecule has 1 N–H and O–H groups in total. The number of nitrogens with zero attached hydrogens (tertiary/aromatic N) is 5. The number of Topliss-reactive ketones (excluding diaryl/α,β-unsaturated/α-hetero) is 1. The molecule has 4 heterocycles. The van der Waals surface area contributed by atoms with E-state index in [9.17, 15) is 4.79 Å². The summed E-state index contributed by atoms with van der Waals surface area (Å²) in [4.78, 5) is 21.2. The van der Waals surface area contributed by atoms with Crippen molar-refractivity contribution in [3.05, 3.63) is 90.4 Å². The van der Waals surface area contributed by atoms with Gasteiger partial charge in [-0.1, -0.05) is 6.07 Å². The highest BCUT2D eigenvalue weighted by atomic mass is 16.5. The molecule has 0 aliphatic heterocycles. The maximum Gasteiger partial charge on any atom is 0.188 e. The number of hydrogen-bond acceptors (Lipinski definition) is 6. The third-order valence-corrected chi connectivity index (χ3v) is 5.25. The number of nitrogens with one attached hydrogen (secondary N) is 1. The van der Waals surface area contributed by atoms with Crippen LogP contribution in [0.15, 0.2) is 73.6 Å². The van der Waals surface area contributed by atoms with Crippen molar-refractivity contribution in [1.29, 1.82) is 0 Å². The van der Waals surface area contributed by atoms with Gasteiger partial charge in [0.05, 0.1) is 31.6 Å². The minimum Gasteiger partial charge on any atom is -0.495 e. The minimum absolute atomic E-state index is 0.0597. The van der Waals surface area contributed by atoms with Gasteiger partial charge in [0.1, 0.15) is 11.4 Å². The van der Waals surface area contributed by atoms with E-state index in [0.29, 0.717) is 18.0 Å². The van der Waals surface area contributed by atoms with E-state index in [0.717, 1.165) is 33.2 Å². The molecule has 0 saturated carbocycles. The Hall–Kier alpha value is -4.33. The number of benzene rings is 1.